The van der Waals surface area contributed by atoms with E-state index >= 15 is 0 Å². The van der Waals surface area contributed by atoms with Crippen molar-refractivity contribution in [2.24, 2.45) is 11.3 Å². The van der Waals surface area contributed by atoms with Crippen molar-refractivity contribution in [2.75, 3.05) is 13.9 Å². The van der Waals surface area contributed by atoms with Crippen LogP contribution in [-0.2, 0) is 10.2 Å². The van der Waals surface area contributed by atoms with E-state index in [1.807, 2.05) is 12.1 Å². The largest absolute Gasteiger partial charge is 0.508 e. The zero-order valence-corrected chi connectivity index (χ0v) is 16.3. The Bertz CT molecular complexity index is 718. The van der Waals surface area contributed by atoms with Gasteiger partial charge in [-0.3, -0.25) is 0 Å². The molecule has 2 atom stereocenters. The Hall–Kier alpha value is -2.00. The molecule has 2 aromatic carbocycles. The Balaban J connectivity index is 2.04. The minimum Gasteiger partial charge on any atom is -0.508 e. The number of methoxy groups -OCH3 is 1. The van der Waals surface area contributed by atoms with Crippen molar-refractivity contribution < 1.29 is 14.6 Å². The van der Waals surface area contributed by atoms with Crippen molar-refractivity contribution in [1.82, 2.24) is 0 Å². The van der Waals surface area contributed by atoms with Crippen molar-refractivity contribution in [3.63, 3.8) is 0 Å². The summed E-state index contributed by atoms with van der Waals surface area (Å²) in [6.07, 6.45) is 3.44. The zero-order chi connectivity index (χ0) is 18.8. The first-order valence-electron chi connectivity index (χ1n) is 9.36. The van der Waals surface area contributed by atoms with Crippen LogP contribution in [0.4, 0.5) is 0 Å². The molecule has 0 aromatic heterocycles. The zero-order valence-electron chi connectivity index (χ0n) is 16.3. The highest BCUT2D eigenvalue weighted by Crippen LogP contribution is 2.53. The summed E-state index contributed by atoms with van der Waals surface area (Å²) in [7, 11) is 1.62. The van der Waals surface area contributed by atoms with E-state index in [9.17, 15) is 5.11 Å². The fourth-order valence-corrected chi connectivity index (χ4v) is 4.96. The second kappa shape index (κ2) is 7.32. The standard InChI is InChI=1S/C23H30O3/c1-17-13-22(2,3)15-23(14-17,18-5-9-20(24)10-6-18)19-7-11-21(12-8-19)26-16-25-4/h5-12,17,24H,13-16H2,1-4H3/t17-,23+/m1/s1. The van der Waals surface area contributed by atoms with Gasteiger partial charge in [0.1, 0.15) is 11.5 Å². The summed E-state index contributed by atoms with van der Waals surface area (Å²) >= 11 is 0. The summed E-state index contributed by atoms with van der Waals surface area (Å²) in [5, 5.41) is 9.75. The molecule has 3 rings (SSSR count). The molecule has 26 heavy (non-hydrogen) atoms. The van der Waals surface area contributed by atoms with Crippen LogP contribution in [0.25, 0.3) is 0 Å². The Labute approximate surface area is 157 Å². The summed E-state index contributed by atoms with van der Waals surface area (Å²) in [6, 6.07) is 16.2. The summed E-state index contributed by atoms with van der Waals surface area (Å²) in [4.78, 5) is 0. The molecular formula is C23H30O3. The Morgan fingerprint density at radius 2 is 1.54 bits per heavy atom. The maximum absolute atomic E-state index is 9.75. The van der Waals surface area contributed by atoms with Crippen LogP contribution in [-0.4, -0.2) is 19.0 Å². The van der Waals surface area contributed by atoms with Gasteiger partial charge >= 0.3 is 0 Å². The van der Waals surface area contributed by atoms with Gasteiger partial charge in [0.25, 0.3) is 0 Å². The molecule has 1 N–H and O–H groups in total. The molecule has 2 aromatic rings. The smallest absolute Gasteiger partial charge is 0.188 e. The third-order valence-electron chi connectivity index (χ3n) is 5.55. The lowest BCUT2D eigenvalue weighted by Gasteiger charge is -2.48. The molecular weight excluding hydrogens is 324 g/mol. The molecule has 140 valence electrons. The van der Waals surface area contributed by atoms with E-state index in [-0.39, 0.29) is 17.6 Å². The number of hydrogen-bond donors (Lipinski definition) is 1. The first kappa shape index (κ1) is 18.8. The average Bonchev–Trinajstić information content (AvgIpc) is 2.59. The summed E-state index contributed by atoms with van der Waals surface area (Å²) < 4.78 is 10.5. The summed E-state index contributed by atoms with van der Waals surface area (Å²) in [6.45, 7) is 7.35. The third-order valence-corrected chi connectivity index (χ3v) is 5.55. The van der Waals surface area contributed by atoms with Gasteiger partial charge in [0, 0.05) is 12.5 Å². The van der Waals surface area contributed by atoms with Crippen molar-refractivity contribution in [1.29, 1.82) is 0 Å². The SMILES string of the molecule is COCOc1ccc([C@@]2(c3ccc(O)cc3)C[C@H](C)CC(C)(C)C2)cc1. The number of phenols is 1. The predicted molar refractivity (Wildman–Crippen MR) is 105 cm³/mol. The Morgan fingerprint density at radius 3 is 2.08 bits per heavy atom. The molecule has 3 nitrogen and oxygen atoms in total. The Morgan fingerprint density at radius 1 is 0.962 bits per heavy atom. The van der Waals surface area contributed by atoms with Gasteiger partial charge in [0.15, 0.2) is 6.79 Å². The van der Waals surface area contributed by atoms with Crippen LogP contribution < -0.4 is 4.74 Å². The van der Waals surface area contributed by atoms with Crippen molar-refractivity contribution in [3.05, 3.63) is 59.7 Å². The molecule has 1 saturated carbocycles. The maximum Gasteiger partial charge on any atom is 0.188 e. The molecule has 0 bridgehead atoms. The average molecular weight is 354 g/mol. The van der Waals surface area contributed by atoms with E-state index in [0.29, 0.717) is 11.7 Å². The van der Waals surface area contributed by atoms with Gasteiger partial charge in [-0.25, -0.2) is 0 Å². The van der Waals surface area contributed by atoms with Gasteiger partial charge in [-0.1, -0.05) is 45.0 Å². The lowest BCUT2D eigenvalue weighted by atomic mass is 9.55. The van der Waals surface area contributed by atoms with E-state index in [1.54, 1.807) is 19.2 Å². The molecule has 0 amide bonds. The highest BCUT2D eigenvalue weighted by atomic mass is 16.7. The first-order valence-corrected chi connectivity index (χ1v) is 9.36. The summed E-state index contributed by atoms with van der Waals surface area (Å²) in [5.41, 5.74) is 2.81. The van der Waals surface area contributed by atoms with Gasteiger partial charge in [-0.15, -0.1) is 0 Å². The van der Waals surface area contributed by atoms with E-state index in [0.717, 1.165) is 18.6 Å². The number of rotatable bonds is 5. The van der Waals surface area contributed by atoms with Crippen molar-refractivity contribution in [3.8, 4) is 11.5 Å². The second-order valence-corrected chi connectivity index (χ2v) is 8.56. The molecule has 1 aliphatic carbocycles. The van der Waals surface area contributed by atoms with Crippen LogP contribution in [0.3, 0.4) is 0 Å². The van der Waals surface area contributed by atoms with Crippen LogP contribution in [0.5, 0.6) is 11.5 Å². The first-order chi connectivity index (χ1) is 12.3. The molecule has 0 unspecified atom stereocenters. The van der Waals surface area contributed by atoms with Crippen LogP contribution in [0.1, 0.15) is 51.2 Å². The molecule has 0 aliphatic heterocycles. The van der Waals surface area contributed by atoms with Gasteiger partial charge in [-0.2, -0.15) is 0 Å². The van der Waals surface area contributed by atoms with E-state index in [2.05, 4.69) is 45.0 Å². The highest BCUT2D eigenvalue weighted by molar-refractivity contribution is 5.44. The van der Waals surface area contributed by atoms with Crippen molar-refractivity contribution in [2.45, 2.75) is 45.4 Å². The molecule has 0 heterocycles. The lowest BCUT2D eigenvalue weighted by Crippen LogP contribution is -2.41. The number of aromatic hydroxyl groups is 1. The topological polar surface area (TPSA) is 38.7 Å². The number of benzene rings is 2. The summed E-state index contributed by atoms with van der Waals surface area (Å²) in [5.74, 6) is 1.77. The Kier molecular flexibility index (Phi) is 5.29. The van der Waals surface area contributed by atoms with Crippen LogP contribution in [0.2, 0.25) is 0 Å². The number of hydrogen-bond acceptors (Lipinski definition) is 3. The van der Waals surface area contributed by atoms with Gasteiger partial charge in [0.05, 0.1) is 0 Å². The molecule has 1 fully saturated rings. The maximum atomic E-state index is 9.75. The fourth-order valence-electron chi connectivity index (χ4n) is 4.96. The lowest BCUT2D eigenvalue weighted by molar-refractivity contribution is 0.0511. The van der Waals surface area contributed by atoms with Crippen LogP contribution in [0, 0.1) is 11.3 Å². The number of phenolic OH excluding ortho intramolecular Hbond substituents is 1. The van der Waals surface area contributed by atoms with E-state index in [1.165, 1.54) is 17.5 Å². The minimum atomic E-state index is -0.0470. The van der Waals surface area contributed by atoms with E-state index < -0.39 is 0 Å². The molecule has 3 heteroatoms. The van der Waals surface area contributed by atoms with Gasteiger partial charge < -0.3 is 14.6 Å². The second-order valence-electron chi connectivity index (χ2n) is 8.56. The quantitative estimate of drug-likeness (QED) is 0.720. The highest BCUT2D eigenvalue weighted by Gasteiger charge is 2.45. The van der Waals surface area contributed by atoms with Gasteiger partial charge in [0.2, 0.25) is 0 Å². The molecule has 0 radical (unpaired) electrons. The number of ether oxygens (including phenoxy) is 2. The third kappa shape index (κ3) is 3.88. The predicted octanol–water partition coefficient (Wildman–Crippen LogP) is 5.51. The fraction of sp³-hybridized carbons (Fsp3) is 0.478. The molecule has 1 aliphatic rings. The molecule has 0 spiro atoms. The van der Waals surface area contributed by atoms with Crippen LogP contribution in [0.15, 0.2) is 48.5 Å². The van der Waals surface area contributed by atoms with Crippen LogP contribution >= 0.6 is 0 Å². The monoisotopic (exact) mass is 354 g/mol. The van der Waals surface area contributed by atoms with Crippen molar-refractivity contribution >= 4 is 0 Å². The normalized spacial score (nSPS) is 25.0. The van der Waals surface area contributed by atoms with E-state index in [4.69, 9.17) is 9.47 Å². The molecule has 0 saturated heterocycles. The van der Waals surface area contributed by atoms with Gasteiger partial charge in [-0.05, 0) is 66.0 Å². The minimum absolute atomic E-state index is 0.0470.